The molecule has 1 aliphatic rings. The summed E-state index contributed by atoms with van der Waals surface area (Å²) >= 11 is 0. The van der Waals surface area contributed by atoms with Crippen LogP contribution in [0.25, 0.3) is 0 Å². The number of carbonyl (C=O) groups excluding carboxylic acids is 3. The van der Waals surface area contributed by atoms with Crippen LogP contribution in [-0.4, -0.2) is 49.3 Å². The van der Waals surface area contributed by atoms with Crippen LogP contribution in [0.15, 0.2) is 48.5 Å². The van der Waals surface area contributed by atoms with Crippen molar-refractivity contribution in [2.45, 2.75) is 19.8 Å². The zero-order valence-corrected chi connectivity index (χ0v) is 17.2. The molecule has 0 saturated carbocycles. The summed E-state index contributed by atoms with van der Waals surface area (Å²) in [7, 11) is 1.48. The van der Waals surface area contributed by atoms with Gasteiger partial charge in [-0.15, -0.1) is 0 Å². The minimum Gasteiger partial charge on any atom is -0.493 e. The molecule has 0 spiro atoms. The van der Waals surface area contributed by atoms with Crippen molar-refractivity contribution >= 4 is 23.3 Å². The fraction of sp³-hybridized carbons (Fsp3) is 0.348. The number of likely N-dealkylation sites (tertiary alicyclic amines) is 1. The number of carbonyl (C=O) groups is 3. The summed E-state index contributed by atoms with van der Waals surface area (Å²) in [5, 5.41) is 2.91. The van der Waals surface area contributed by atoms with Gasteiger partial charge in [0, 0.05) is 24.3 Å². The average Bonchev–Trinajstić information content (AvgIpc) is 2.78. The van der Waals surface area contributed by atoms with Gasteiger partial charge in [-0.2, -0.15) is 0 Å². The van der Waals surface area contributed by atoms with Crippen LogP contribution >= 0.6 is 0 Å². The average molecular weight is 410 g/mol. The first-order valence-electron chi connectivity index (χ1n) is 9.93. The highest BCUT2D eigenvalue weighted by Gasteiger charge is 2.28. The zero-order chi connectivity index (χ0) is 21.5. The van der Waals surface area contributed by atoms with Gasteiger partial charge in [-0.1, -0.05) is 18.2 Å². The van der Waals surface area contributed by atoms with Crippen LogP contribution in [0.5, 0.6) is 11.5 Å². The molecule has 0 unspecified atom stereocenters. The SMILES string of the molecule is COc1cc(C(C)=O)ccc1OCC(=O)N1CCC[C@@H](C(=O)Nc2ccccc2)C1. The van der Waals surface area contributed by atoms with Crippen LogP contribution < -0.4 is 14.8 Å². The Bertz CT molecular complexity index is 913. The smallest absolute Gasteiger partial charge is 0.260 e. The maximum Gasteiger partial charge on any atom is 0.260 e. The molecule has 3 rings (SSSR count). The van der Waals surface area contributed by atoms with Crippen molar-refractivity contribution in [2.24, 2.45) is 5.92 Å². The lowest BCUT2D eigenvalue weighted by Crippen LogP contribution is -2.45. The Kier molecular flexibility index (Phi) is 7.06. The van der Waals surface area contributed by atoms with Gasteiger partial charge in [-0.05, 0) is 50.1 Å². The second-order valence-electron chi connectivity index (χ2n) is 7.24. The summed E-state index contributed by atoms with van der Waals surface area (Å²) < 4.78 is 10.9. The first-order chi connectivity index (χ1) is 14.5. The number of hydrogen-bond acceptors (Lipinski definition) is 5. The van der Waals surface area contributed by atoms with Gasteiger partial charge in [0.05, 0.1) is 13.0 Å². The molecule has 2 aromatic carbocycles. The van der Waals surface area contributed by atoms with Crippen LogP contribution in [0, 0.1) is 5.92 Å². The van der Waals surface area contributed by atoms with E-state index in [4.69, 9.17) is 9.47 Å². The molecule has 0 bridgehead atoms. The number of para-hydroxylation sites is 1. The Morgan fingerprint density at radius 1 is 1.10 bits per heavy atom. The van der Waals surface area contributed by atoms with Gasteiger partial charge in [-0.25, -0.2) is 0 Å². The van der Waals surface area contributed by atoms with Gasteiger partial charge in [0.15, 0.2) is 23.9 Å². The van der Waals surface area contributed by atoms with Crippen molar-refractivity contribution in [3.63, 3.8) is 0 Å². The standard InChI is InChI=1S/C23H26N2O5/c1-16(26)17-10-11-20(21(13-17)29-2)30-15-22(27)25-12-6-7-18(14-25)23(28)24-19-8-4-3-5-9-19/h3-5,8-11,13,18H,6-7,12,14-15H2,1-2H3,(H,24,28)/t18-/m1/s1. The quantitative estimate of drug-likeness (QED) is 0.709. The monoisotopic (exact) mass is 410 g/mol. The number of hydrogen-bond donors (Lipinski definition) is 1. The number of Topliss-reactive ketones (excluding diaryl/α,β-unsaturated/α-hetero) is 1. The predicted octanol–water partition coefficient (Wildman–Crippen LogP) is 3.15. The van der Waals surface area contributed by atoms with Crippen molar-refractivity contribution in [2.75, 3.05) is 32.1 Å². The van der Waals surface area contributed by atoms with Crippen molar-refractivity contribution in [3.05, 3.63) is 54.1 Å². The minimum absolute atomic E-state index is 0.0796. The third kappa shape index (κ3) is 5.37. The van der Waals surface area contributed by atoms with Crippen LogP contribution in [0.3, 0.4) is 0 Å². The van der Waals surface area contributed by atoms with Gasteiger partial charge in [0.1, 0.15) is 0 Å². The molecule has 0 aliphatic carbocycles. The van der Waals surface area contributed by atoms with Gasteiger partial charge in [-0.3, -0.25) is 14.4 Å². The number of nitrogens with one attached hydrogen (secondary N) is 1. The molecular formula is C23H26N2O5. The normalized spacial score (nSPS) is 15.9. The molecule has 7 heteroatoms. The van der Waals surface area contributed by atoms with Crippen molar-refractivity contribution in [1.29, 1.82) is 0 Å². The molecule has 1 heterocycles. The second-order valence-corrected chi connectivity index (χ2v) is 7.24. The maximum atomic E-state index is 12.6. The van der Waals surface area contributed by atoms with E-state index in [1.54, 1.807) is 23.1 Å². The highest BCUT2D eigenvalue weighted by atomic mass is 16.5. The molecule has 7 nitrogen and oxygen atoms in total. The summed E-state index contributed by atoms with van der Waals surface area (Å²) in [6.45, 7) is 2.27. The predicted molar refractivity (Wildman–Crippen MR) is 113 cm³/mol. The van der Waals surface area contributed by atoms with E-state index >= 15 is 0 Å². The van der Waals surface area contributed by atoms with E-state index in [9.17, 15) is 14.4 Å². The summed E-state index contributed by atoms with van der Waals surface area (Å²) in [4.78, 5) is 38.4. The molecule has 2 aromatic rings. The van der Waals surface area contributed by atoms with Crippen molar-refractivity contribution in [1.82, 2.24) is 4.90 Å². The Balaban J connectivity index is 1.56. The van der Waals surface area contributed by atoms with E-state index in [0.717, 1.165) is 18.5 Å². The largest absolute Gasteiger partial charge is 0.493 e. The van der Waals surface area contributed by atoms with Crippen LogP contribution in [-0.2, 0) is 9.59 Å². The summed E-state index contributed by atoms with van der Waals surface area (Å²) in [6, 6.07) is 14.1. The van der Waals surface area contributed by atoms with E-state index in [0.29, 0.717) is 30.2 Å². The number of nitrogens with zero attached hydrogens (tertiary/aromatic N) is 1. The lowest BCUT2D eigenvalue weighted by Gasteiger charge is -2.32. The highest BCUT2D eigenvalue weighted by Crippen LogP contribution is 2.28. The summed E-state index contributed by atoms with van der Waals surface area (Å²) in [5.41, 5.74) is 1.25. The van der Waals surface area contributed by atoms with Gasteiger partial charge >= 0.3 is 0 Å². The Labute approximate surface area is 176 Å². The Morgan fingerprint density at radius 3 is 2.57 bits per heavy atom. The van der Waals surface area contributed by atoms with E-state index < -0.39 is 0 Å². The van der Waals surface area contributed by atoms with Crippen molar-refractivity contribution in [3.8, 4) is 11.5 Å². The maximum absolute atomic E-state index is 12.6. The van der Waals surface area contributed by atoms with E-state index in [1.807, 2.05) is 30.3 Å². The first kappa shape index (κ1) is 21.4. The molecule has 30 heavy (non-hydrogen) atoms. The molecule has 1 saturated heterocycles. The first-order valence-corrected chi connectivity index (χ1v) is 9.93. The van der Waals surface area contributed by atoms with Crippen molar-refractivity contribution < 1.29 is 23.9 Å². The molecule has 1 N–H and O–H groups in total. The molecule has 2 amide bonds. The topological polar surface area (TPSA) is 84.9 Å². The number of amides is 2. The van der Waals surface area contributed by atoms with Crippen LogP contribution in [0.1, 0.15) is 30.1 Å². The molecule has 0 radical (unpaired) electrons. The lowest BCUT2D eigenvalue weighted by atomic mass is 9.97. The number of ether oxygens (including phenoxy) is 2. The highest BCUT2D eigenvalue weighted by molar-refractivity contribution is 5.95. The number of benzene rings is 2. The number of ketones is 1. The number of piperidine rings is 1. The Morgan fingerprint density at radius 2 is 1.87 bits per heavy atom. The van der Waals surface area contributed by atoms with Crippen LogP contribution in [0.2, 0.25) is 0 Å². The lowest BCUT2D eigenvalue weighted by molar-refractivity contribution is -0.136. The molecule has 158 valence electrons. The fourth-order valence-corrected chi connectivity index (χ4v) is 3.42. The van der Waals surface area contributed by atoms with Crippen LogP contribution in [0.4, 0.5) is 5.69 Å². The molecule has 1 aliphatic heterocycles. The van der Waals surface area contributed by atoms with E-state index in [-0.39, 0.29) is 30.1 Å². The minimum atomic E-state index is -0.257. The summed E-state index contributed by atoms with van der Waals surface area (Å²) in [5.74, 6) is 0.183. The van der Waals surface area contributed by atoms with Gasteiger partial charge in [0.2, 0.25) is 5.91 Å². The molecule has 0 aromatic heterocycles. The van der Waals surface area contributed by atoms with E-state index in [2.05, 4.69) is 5.32 Å². The third-order valence-corrected chi connectivity index (χ3v) is 5.11. The van der Waals surface area contributed by atoms with Gasteiger partial charge in [0.25, 0.3) is 5.91 Å². The molecule has 1 fully saturated rings. The second kappa shape index (κ2) is 9.91. The fourth-order valence-electron chi connectivity index (χ4n) is 3.42. The number of methoxy groups -OCH3 is 1. The van der Waals surface area contributed by atoms with Gasteiger partial charge < -0.3 is 19.7 Å². The molecule has 1 atom stereocenters. The number of anilines is 1. The third-order valence-electron chi connectivity index (χ3n) is 5.11. The molecular weight excluding hydrogens is 384 g/mol. The summed E-state index contributed by atoms with van der Waals surface area (Å²) in [6.07, 6.45) is 1.50. The Hall–Kier alpha value is -3.35. The number of rotatable bonds is 7. The van der Waals surface area contributed by atoms with E-state index in [1.165, 1.54) is 14.0 Å². The zero-order valence-electron chi connectivity index (χ0n) is 17.2.